The van der Waals surface area contributed by atoms with Crippen molar-refractivity contribution < 1.29 is 9.53 Å². The lowest BCUT2D eigenvalue weighted by atomic mass is 9.97. The van der Waals surface area contributed by atoms with E-state index >= 15 is 0 Å². The van der Waals surface area contributed by atoms with Gasteiger partial charge in [-0.1, -0.05) is 34.1 Å². The first kappa shape index (κ1) is 14.2. The zero-order valence-electron chi connectivity index (χ0n) is 10.5. The normalized spacial score (nSPS) is 10.3. The first-order chi connectivity index (χ1) is 8.19. The van der Waals surface area contributed by atoms with Gasteiger partial charge in [0.05, 0.1) is 13.0 Å². The van der Waals surface area contributed by atoms with Gasteiger partial charge in [0.15, 0.2) is 0 Å². The zero-order chi connectivity index (χ0) is 12.7. The number of aryl methyl sites for hydroxylation is 1. The highest BCUT2D eigenvalue weighted by Crippen LogP contribution is 2.17. The first-order valence-corrected chi connectivity index (χ1v) is 7.10. The molecule has 0 aromatic heterocycles. The fourth-order valence-electron chi connectivity index (χ4n) is 1.82. The van der Waals surface area contributed by atoms with Crippen molar-refractivity contribution in [3.63, 3.8) is 0 Å². The van der Waals surface area contributed by atoms with Gasteiger partial charge in [0.1, 0.15) is 0 Å². The van der Waals surface area contributed by atoms with Gasteiger partial charge in [-0.3, -0.25) is 4.79 Å². The van der Waals surface area contributed by atoms with Gasteiger partial charge >= 0.3 is 5.97 Å². The molecule has 2 nitrogen and oxygen atoms in total. The molecule has 0 saturated heterocycles. The summed E-state index contributed by atoms with van der Waals surface area (Å²) < 4.78 is 4.98. The summed E-state index contributed by atoms with van der Waals surface area (Å²) in [5.74, 6) is -0.145. The van der Waals surface area contributed by atoms with Crippen LogP contribution in [-0.2, 0) is 22.4 Å². The lowest BCUT2D eigenvalue weighted by Crippen LogP contribution is -2.09. The highest BCUT2D eigenvalue weighted by molar-refractivity contribution is 9.09. The van der Waals surface area contributed by atoms with Crippen molar-refractivity contribution in [3.8, 4) is 0 Å². The van der Waals surface area contributed by atoms with Gasteiger partial charge in [0.25, 0.3) is 0 Å². The third kappa shape index (κ3) is 4.50. The molecule has 0 N–H and O–H groups in total. The van der Waals surface area contributed by atoms with E-state index in [-0.39, 0.29) is 5.97 Å². The highest BCUT2D eigenvalue weighted by Gasteiger charge is 2.08. The molecule has 0 radical (unpaired) electrons. The molecule has 0 amide bonds. The van der Waals surface area contributed by atoms with Gasteiger partial charge in [-0.25, -0.2) is 0 Å². The van der Waals surface area contributed by atoms with Crippen LogP contribution in [0.3, 0.4) is 0 Å². The van der Waals surface area contributed by atoms with Crippen LogP contribution in [0.4, 0.5) is 0 Å². The fourth-order valence-corrected chi connectivity index (χ4v) is 2.10. The van der Waals surface area contributed by atoms with Gasteiger partial charge in [-0.2, -0.15) is 0 Å². The number of benzene rings is 1. The third-order valence-electron chi connectivity index (χ3n) is 2.78. The van der Waals surface area contributed by atoms with Crippen LogP contribution in [0.5, 0.6) is 0 Å². The van der Waals surface area contributed by atoms with Crippen LogP contribution in [0, 0.1) is 6.92 Å². The van der Waals surface area contributed by atoms with Crippen LogP contribution < -0.4 is 0 Å². The van der Waals surface area contributed by atoms with E-state index in [2.05, 4.69) is 28.9 Å². The van der Waals surface area contributed by atoms with Crippen LogP contribution in [-0.4, -0.2) is 17.9 Å². The standard InChI is InChI=1S/C14H19BrO2/c1-3-17-14(16)10-13-7-4-6-12(11(13)2)8-5-9-15/h4,6-7H,3,5,8-10H2,1-2H3. The molecule has 1 aromatic rings. The Hall–Kier alpha value is -0.830. The van der Waals surface area contributed by atoms with E-state index in [0.717, 1.165) is 23.7 Å². The van der Waals surface area contributed by atoms with E-state index in [9.17, 15) is 4.79 Å². The van der Waals surface area contributed by atoms with Crippen molar-refractivity contribution >= 4 is 21.9 Å². The van der Waals surface area contributed by atoms with E-state index in [4.69, 9.17) is 4.74 Å². The minimum atomic E-state index is -0.145. The SMILES string of the molecule is CCOC(=O)Cc1cccc(CCCBr)c1C. The molecule has 3 heteroatoms. The maximum absolute atomic E-state index is 11.5. The lowest BCUT2D eigenvalue weighted by molar-refractivity contribution is -0.142. The van der Waals surface area contributed by atoms with Gasteiger partial charge in [0.2, 0.25) is 0 Å². The number of esters is 1. The van der Waals surface area contributed by atoms with Crippen LogP contribution in [0.15, 0.2) is 18.2 Å². The molecule has 0 heterocycles. The average molecular weight is 299 g/mol. The number of hydrogen-bond donors (Lipinski definition) is 0. The van der Waals surface area contributed by atoms with E-state index in [1.165, 1.54) is 11.1 Å². The van der Waals surface area contributed by atoms with Gasteiger partial charge in [0, 0.05) is 5.33 Å². The van der Waals surface area contributed by atoms with Crippen LogP contribution >= 0.6 is 15.9 Å². The Labute approximate surface area is 111 Å². The van der Waals surface area contributed by atoms with Crippen LogP contribution in [0.2, 0.25) is 0 Å². The number of hydrogen-bond acceptors (Lipinski definition) is 2. The molecule has 0 aliphatic rings. The number of halogens is 1. The minimum absolute atomic E-state index is 0.145. The average Bonchev–Trinajstić information content (AvgIpc) is 2.30. The Morgan fingerprint density at radius 3 is 2.71 bits per heavy atom. The largest absolute Gasteiger partial charge is 0.466 e. The monoisotopic (exact) mass is 298 g/mol. The van der Waals surface area contributed by atoms with E-state index in [0.29, 0.717) is 13.0 Å². The number of rotatable bonds is 6. The molecule has 0 aliphatic carbocycles. The maximum Gasteiger partial charge on any atom is 0.310 e. The van der Waals surface area contributed by atoms with E-state index in [1.807, 2.05) is 19.1 Å². The summed E-state index contributed by atoms with van der Waals surface area (Å²) in [6.45, 7) is 4.36. The molecule has 1 aromatic carbocycles. The van der Waals surface area contributed by atoms with Crippen LogP contribution in [0.25, 0.3) is 0 Å². The Bertz CT molecular complexity index is 374. The molecular formula is C14H19BrO2. The highest BCUT2D eigenvalue weighted by atomic mass is 79.9. The van der Waals surface area contributed by atoms with Gasteiger partial charge in [-0.15, -0.1) is 0 Å². The molecule has 17 heavy (non-hydrogen) atoms. The first-order valence-electron chi connectivity index (χ1n) is 5.98. The van der Waals surface area contributed by atoms with Crippen molar-refractivity contribution in [2.24, 2.45) is 0 Å². The molecule has 1 rings (SSSR count). The second kappa shape index (κ2) is 7.49. The molecule has 0 bridgehead atoms. The molecule has 0 fully saturated rings. The second-order valence-corrected chi connectivity index (χ2v) is 4.77. The number of ether oxygens (including phenoxy) is 1. The molecule has 0 spiro atoms. The predicted molar refractivity (Wildman–Crippen MR) is 73.6 cm³/mol. The summed E-state index contributed by atoms with van der Waals surface area (Å²) >= 11 is 3.44. The van der Waals surface area contributed by atoms with Crippen molar-refractivity contribution in [2.75, 3.05) is 11.9 Å². The molecule has 0 atom stereocenters. The summed E-state index contributed by atoms with van der Waals surface area (Å²) in [7, 11) is 0. The molecular weight excluding hydrogens is 280 g/mol. The quantitative estimate of drug-likeness (QED) is 0.594. The fraction of sp³-hybridized carbons (Fsp3) is 0.500. The Morgan fingerprint density at radius 2 is 2.06 bits per heavy atom. The summed E-state index contributed by atoms with van der Waals surface area (Å²) in [5, 5.41) is 1.01. The van der Waals surface area contributed by atoms with Crippen molar-refractivity contribution in [3.05, 3.63) is 34.9 Å². The topological polar surface area (TPSA) is 26.3 Å². The molecule has 0 aliphatic heterocycles. The summed E-state index contributed by atoms with van der Waals surface area (Å²) in [5.41, 5.74) is 3.63. The molecule has 0 saturated carbocycles. The van der Waals surface area contributed by atoms with Crippen molar-refractivity contribution in [1.82, 2.24) is 0 Å². The summed E-state index contributed by atoms with van der Waals surface area (Å²) in [4.78, 5) is 11.5. The Morgan fingerprint density at radius 1 is 1.35 bits per heavy atom. The van der Waals surface area contributed by atoms with Crippen molar-refractivity contribution in [2.45, 2.75) is 33.1 Å². The van der Waals surface area contributed by atoms with E-state index in [1.54, 1.807) is 0 Å². The number of carbonyl (C=O) groups excluding carboxylic acids is 1. The maximum atomic E-state index is 11.5. The smallest absolute Gasteiger partial charge is 0.310 e. The Kier molecular flexibility index (Phi) is 6.27. The summed E-state index contributed by atoms with van der Waals surface area (Å²) in [6.07, 6.45) is 2.54. The van der Waals surface area contributed by atoms with E-state index < -0.39 is 0 Å². The van der Waals surface area contributed by atoms with Gasteiger partial charge in [-0.05, 0) is 43.4 Å². The Balaban J connectivity index is 2.75. The van der Waals surface area contributed by atoms with Crippen LogP contribution in [0.1, 0.15) is 30.0 Å². The number of alkyl halides is 1. The number of carbonyl (C=O) groups is 1. The zero-order valence-corrected chi connectivity index (χ0v) is 12.0. The predicted octanol–water partition coefficient (Wildman–Crippen LogP) is 3.43. The minimum Gasteiger partial charge on any atom is -0.466 e. The summed E-state index contributed by atoms with van der Waals surface area (Å²) in [6, 6.07) is 6.15. The third-order valence-corrected chi connectivity index (χ3v) is 3.34. The van der Waals surface area contributed by atoms with Gasteiger partial charge < -0.3 is 4.74 Å². The molecule has 94 valence electrons. The lowest BCUT2D eigenvalue weighted by Gasteiger charge is -2.10. The second-order valence-electron chi connectivity index (χ2n) is 3.98. The van der Waals surface area contributed by atoms with Crippen molar-refractivity contribution in [1.29, 1.82) is 0 Å². The molecule has 0 unspecified atom stereocenters.